The second-order valence-corrected chi connectivity index (χ2v) is 15.8. The van der Waals surface area contributed by atoms with Crippen molar-refractivity contribution in [2.75, 3.05) is 10.2 Å². The van der Waals surface area contributed by atoms with E-state index in [9.17, 15) is 0 Å². The highest BCUT2D eigenvalue weighted by Crippen LogP contribution is 2.51. The van der Waals surface area contributed by atoms with Gasteiger partial charge in [0.1, 0.15) is 0 Å². The highest BCUT2D eigenvalue weighted by atomic mass is 15.1. The van der Waals surface area contributed by atoms with Gasteiger partial charge in [-0.25, -0.2) is 0 Å². The molecule has 0 fully saturated rings. The Balaban J connectivity index is 0.963. The number of hydrogen-bond acceptors (Lipinski definition) is 2. The Morgan fingerprint density at radius 3 is 1.96 bits per heavy atom. The van der Waals surface area contributed by atoms with Crippen LogP contribution in [-0.4, -0.2) is 0 Å². The van der Waals surface area contributed by atoms with E-state index in [0.29, 0.717) is 0 Å². The quantitative estimate of drug-likeness (QED) is 0.167. The number of hydrogen-bond donors (Lipinski definition) is 1. The Labute approximate surface area is 336 Å². The number of fused-ring (bicyclic) bond motifs is 5. The van der Waals surface area contributed by atoms with Crippen molar-refractivity contribution >= 4 is 51.4 Å². The minimum atomic E-state index is -0.196. The third-order valence-corrected chi connectivity index (χ3v) is 12.1. The fourth-order valence-corrected chi connectivity index (χ4v) is 9.04. The highest BCUT2D eigenvalue weighted by Gasteiger charge is 2.36. The average Bonchev–Trinajstić information content (AvgIpc) is 3.48. The molecule has 0 amide bonds. The third-order valence-electron chi connectivity index (χ3n) is 12.1. The fourth-order valence-electron chi connectivity index (χ4n) is 9.04. The summed E-state index contributed by atoms with van der Waals surface area (Å²) in [5.41, 5.74) is 19.5. The molecule has 0 unspecified atom stereocenters. The molecule has 57 heavy (non-hydrogen) atoms. The largest absolute Gasteiger partial charge is 0.356 e. The van der Waals surface area contributed by atoms with Crippen LogP contribution in [0.2, 0.25) is 0 Å². The Kier molecular flexibility index (Phi) is 8.49. The van der Waals surface area contributed by atoms with E-state index in [0.717, 1.165) is 46.8 Å². The molecule has 2 heteroatoms. The van der Waals surface area contributed by atoms with Crippen LogP contribution in [0.5, 0.6) is 0 Å². The number of aryl methyl sites for hydroxylation is 1. The van der Waals surface area contributed by atoms with Gasteiger partial charge in [-0.3, -0.25) is 0 Å². The van der Waals surface area contributed by atoms with Crippen LogP contribution in [0.15, 0.2) is 183 Å². The summed E-state index contributed by atoms with van der Waals surface area (Å²) in [7, 11) is 0. The van der Waals surface area contributed by atoms with E-state index >= 15 is 0 Å². The molecule has 2 aliphatic carbocycles. The van der Waals surface area contributed by atoms with E-state index in [-0.39, 0.29) is 5.41 Å². The van der Waals surface area contributed by atoms with Gasteiger partial charge in [0, 0.05) is 33.9 Å². The zero-order valence-electron chi connectivity index (χ0n) is 32.5. The number of nitrogens with one attached hydrogen (secondary N) is 1. The molecular weight excluding hydrogens is 689 g/mol. The van der Waals surface area contributed by atoms with Crippen molar-refractivity contribution in [3.8, 4) is 33.4 Å². The van der Waals surface area contributed by atoms with Gasteiger partial charge in [0.2, 0.25) is 0 Å². The van der Waals surface area contributed by atoms with Crippen molar-refractivity contribution in [2.24, 2.45) is 0 Å². The zero-order chi connectivity index (χ0) is 38.5. The molecule has 8 aromatic rings. The summed E-state index contributed by atoms with van der Waals surface area (Å²) in [5.74, 6) is 0. The van der Waals surface area contributed by atoms with Gasteiger partial charge in [0.25, 0.3) is 0 Å². The SMILES string of the molecule is C=Cc1ccc(N(c2ccc(-c3cccc4c3C=CCC4)cc2)c2ccc3c(c2)C(C)(C)c2cc(Nc4ccc(-c5cccc6ccccc56)cc4)ccc2-3)cc1. The number of allylic oxidation sites excluding steroid dienone is 1. The van der Waals surface area contributed by atoms with Crippen LogP contribution in [-0.2, 0) is 11.8 Å². The maximum absolute atomic E-state index is 4.00. The van der Waals surface area contributed by atoms with E-state index < -0.39 is 0 Å². The maximum atomic E-state index is 4.00. The van der Waals surface area contributed by atoms with E-state index in [1.165, 1.54) is 66.4 Å². The molecular formula is C55H44N2. The molecule has 0 bridgehead atoms. The fraction of sp³-hybridized carbons (Fsp3) is 0.0909. The van der Waals surface area contributed by atoms with Crippen LogP contribution in [0.4, 0.5) is 28.4 Å². The van der Waals surface area contributed by atoms with Crippen LogP contribution in [0.25, 0.3) is 56.3 Å². The Bertz CT molecular complexity index is 2830. The smallest absolute Gasteiger partial charge is 0.0465 e. The minimum Gasteiger partial charge on any atom is -0.356 e. The van der Waals surface area contributed by atoms with E-state index in [2.05, 4.69) is 213 Å². The van der Waals surface area contributed by atoms with Crippen LogP contribution >= 0.6 is 0 Å². The first kappa shape index (κ1) is 34.6. The summed E-state index contributed by atoms with van der Waals surface area (Å²) in [6.45, 7) is 8.71. The van der Waals surface area contributed by atoms with Crippen LogP contribution < -0.4 is 10.2 Å². The van der Waals surface area contributed by atoms with Crippen molar-refractivity contribution in [2.45, 2.75) is 32.1 Å². The molecule has 0 saturated heterocycles. The van der Waals surface area contributed by atoms with Crippen molar-refractivity contribution in [1.82, 2.24) is 0 Å². The van der Waals surface area contributed by atoms with Gasteiger partial charge in [-0.1, -0.05) is 148 Å². The van der Waals surface area contributed by atoms with Gasteiger partial charge in [-0.2, -0.15) is 0 Å². The van der Waals surface area contributed by atoms with Gasteiger partial charge in [0.15, 0.2) is 0 Å². The topological polar surface area (TPSA) is 15.3 Å². The van der Waals surface area contributed by atoms with Crippen molar-refractivity contribution in [3.63, 3.8) is 0 Å². The molecule has 2 aliphatic rings. The molecule has 0 radical (unpaired) electrons. The zero-order valence-corrected chi connectivity index (χ0v) is 32.5. The van der Waals surface area contributed by atoms with Gasteiger partial charge in [-0.05, 0) is 145 Å². The van der Waals surface area contributed by atoms with Gasteiger partial charge < -0.3 is 10.2 Å². The first-order valence-electron chi connectivity index (χ1n) is 20.0. The first-order chi connectivity index (χ1) is 27.9. The molecule has 1 N–H and O–H groups in total. The lowest BCUT2D eigenvalue weighted by molar-refractivity contribution is 0.660. The van der Waals surface area contributed by atoms with E-state index in [4.69, 9.17) is 0 Å². The standard InChI is InChI=1S/C55H44N2/c1-4-37-19-28-44(29-20-37)57(45-30-23-41(24-31-45)50-18-10-14-39-12-6-8-16-48(39)50)46-32-34-52-51-33-27-43(35-53(51)55(2,3)54(52)36-46)56-42-25-21-40(22-26-42)49-17-9-13-38-11-5-7-15-47(38)49/h4-5,7-11,13-36,56H,1,6,12H2,2-3H3. The normalized spacial score (nSPS) is 13.4. The second-order valence-electron chi connectivity index (χ2n) is 15.8. The van der Waals surface area contributed by atoms with Gasteiger partial charge >= 0.3 is 0 Å². The monoisotopic (exact) mass is 732 g/mol. The second kappa shape index (κ2) is 14.0. The molecule has 0 aromatic heterocycles. The Morgan fingerprint density at radius 2 is 1.18 bits per heavy atom. The van der Waals surface area contributed by atoms with Crippen LogP contribution in [0, 0.1) is 0 Å². The molecule has 0 aliphatic heterocycles. The summed E-state index contributed by atoms with van der Waals surface area (Å²) < 4.78 is 0. The van der Waals surface area contributed by atoms with E-state index in [1.54, 1.807) is 0 Å². The van der Waals surface area contributed by atoms with Crippen LogP contribution in [0.3, 0.4) is 0 Å². The highest BCUT2D eigenvalue weighted by molar-refractivity contribution is 5.97. The summed E-state index contributed by atoms with van der Waals surface area (Å²) in [6.07, 6.45) is 8.70. The summed E-state index contributed by atoms with van der Waals surface area (Å²) in [6, 6.07) is 62.2. The number of benzene rings is 8. The van der Waals surface area contributed by atoms with E-state index in [1.807, 2.05) is 6.08 Å². The predicted molar refractivity (Wildman–Crippen MR) is 244 cm³/mol. The van der Waals surface area contributed by atoms with Crippen molar-refractivity contribution in [3.05, 3.63) is 210 Å². The lowest BCUT2D eigenvalue weighted by atomic mass is 9.82. The Hall–Kier alpha value is -6.90. The summed E-state index contributed by atoms with van der Waals surface area (Å²) in [5, 5.41) is 6.24. The number of rotatable bonds is 8. The lowest BCUT2D eigenvalue weighted by Crippen LogP contribution is -2.16. The third kappa shape index (κ3) is 6.15. The van der Waals surface area contributed by atoms with Gasteiger partial charge in [-0.15, -0.1) is 0 Å². The maximum Gasteiger partial charge on any atom is 0.0465 e. The molecule has 0 spiro atoms. The number of anilines is 5. The average molecular weight is 733 g/mol. The molecule has 8 aromatic carbocycles. The van der Waals surface area contributed by atoms with Crippen molar-refractivity contribution in [1.29, 1.82) is 0 Å². The van der Waals surface area contributed by atoms with Crippen LogP contribution in [0.1, 0.15) is 48.1 Å². The summed E-state index contributed by atoms with van der Waals surface area (Å²) >= 11 is 0. The van der Waals surface area contributed by atoms with Gasteiger partial charge in [0.05, 0.1) is 0 Å². The molecule has 0 heterocycles. The minimum absolute atomic E-state index is 0.196. The molecule has 0 atom stereocenters. The lowest BCUT2D eigenvalue weighted by Gasteiger charge is -2.28. The van der Waals surface area contributed by atoms with Crippen molar-refractivity contribution < 1.29 is 0 Å². The molecule has 2 nitrogen and oxygen atoms in total. The molecule has 0 saturated carbocycles. The Morgan fingerprint density at radius 1 is 0.561 bits per heavy atom. The number of nitrogens with zero attached hydrogens (tertiary/aromatic N) is 1. The molecule has 274 valence electrons. The summed E-state index contributed by atoms with van der Waals surface area (Å²) in [4.78, 5) is 2.38. The first-order valence-corrected chi connectivity index (χ1v) is 20.0. The predicted octanol–water partition coefficient (Wildman–Crippen LogP) is 15.3. The molecule has 10 rings (SSSR count).